The van der Waals surface area contributed by atoms with Crippen LogP contribution in [0.2, 0.25) is 0 Å². The van der Waals surface area contributed by atoms with E-state index in [4.69, 9.17) is 0 Å². The van der Waals surface area contributed by atoms with Crippen LogP contribution in [-0.2, 0) is 0 Å². The van der Waals surface area contributed by atoms with E-state index in [9.17, 15) is 9.90 Å². The summed E-state index contributed by atoms with van der Waals surface area (Å²) >= 11 is 3.28. The Balaban J connectivity index is 2.04. The normalized spacial score (nSPS) is 17.7. The highest BCUT2D eigenvalue weighted by molar-refractivity contribution is 9.10. The second-order valence-electron chi connectivity index (χ2n) is 5.55. The van der Waals surface area contributed by atoms with Gasteiger partial charge in [-0.1, -0.05) is 42.1 Å². The predicted octanol–water partition coefficient (Wildman–Crippen LogP) is 4.24. The first kappa shape index (κ1) is 15.4. The van der Waals surface area contributed by atoms with E-state index in [0.29, 0.717) is 11.5 Å². The first-order valence-corrected chi connectivity index (χ1v) is 8.20. The quantitative estimate of drug-likeness (QED) is 0.861. The van der Waals surface area contributed by atoms with Crippen molar-refractivity contribution in [3.05, 3.63) is 28.2 Å². The van der Waals surface area contributed by atoms with Crippen molar-refractivity contribution in [1.82, 2.24) is 5.32 Å². The molecular formula is C16H22BrNO2. The van der Waals surface area contributed by atoms with Gasteiger partial charge in [0.2, 0.25) is 0 Å². The van der Waals surface area contributed by atoms with Crippen LogP contribution in [-0.4, -0.2) is 17.1 Å². The lowest BCUT2D eigenvalue weighted by atomic mass is 9.83. The number of nitrogens with one attached hydrogen (secondary N) is 1. The Morgan fingerprint density at radius 2 is 2.10 bits per heavy atom. The lowest BCUT2D eigenvalue weighted by Crippen LogP contribution is -2.40. The van der Waals surface area contributed by atoms with Gasteiger partial charge in [0.15, 0.2) is 0 Å². The Morgan fingerprint density at radius 3 is 2.70 bits per heavy atom. The summed E-state index contributed by atoms with van der Waals surface area (Å²) in [7, 11) is 0. The SMILES string of the molecule is CCC(NC(=O)c1ccc(Br)cc1O)C1CCCCC1. The largest absolute Gasteiger partial charge is 0.507 e. The third kappa shape index (κ3) is 3.75. The van der Waals surface area contributed by atoms with Gasteiger partial charge in [-0.2, -0.15) is 0 Å². The molecule has 1 unspecified atom stereocenters. The molecule has 1 atom stereocenters. The van der Waals surface area contributed by atoms with Crippen LogP contribution in [0.3, 0.4) is 0 Å². The zero-order chi connectivity index (χ0) is 14.5. The van der Waals surface area contributed by atoms with Gasteiger partial charge in [0.05, 0.1) is 5.56 Å². The van der Waals surface area contributed by atoms with Crippen molar-refractivity contribution in [2.45, 2.75) is 51.5 Å². The molecule has 1 aliphatic carbocycles. The fourth-order valence-corrected chi connectivity index (χ4v) is 3.38. The molecule has 0 spiro atoms. The number of halogens is 1. The highest BCUT2D eigenvalue weighted by Crippen LogP contribution is 2.28. The summed E-state index contributed by atoms with van der Waals surface area (Å²) in [5, 5.41) is 13.0. The van der Waals surface area contributed by atoms with Crippen molar-refractivity contribution in [3.8, 4) is 5.75 Å². The van der Waals surface area contributed by atoms with Crippen LogP contribution in [0.1, 0.15) is 55.8 Å². The maximum Gasteiger partial charge on any atom is 0.255 e. The number of aromatic hydroxyl groups is 1. The van der Waals surface area contributed by atoms with Crippen LogP contribution < -0.4 is 5.32 Å². The zero-order valence-electron chi connectivity index (χ0n) is 11.9. The molecular weight excluding hydrogens is 318 g/mol. The molecule has 4 heteroatoms. The molecule has 1 saturated carbocycles. The van der Waals surface area contributed by atoms with Gasteiger partial charge in [-0.05, 0) is 43.4 Å². The average Bonchev–Trinajstić information content (AvgIpc) is 2.45. The number of phenolic OH excluding ortho intramolecular Hbond substituents is 1. The highest BCUT2D eigenvalue weighted by Gasteiger charge is 2.24. The number of rotatable bonds is 4. The molecule has 20 heavy (non-hydrogen) atoms. The minimum Gasteiger partial charge on any atom is -0.507 e. The molecule has 2 rings (SSSR count). The van der Waals surface area contributed by atoms with Gasteiger partial charge in [-0.3, -0.25) is 4.79 Å². The van der Waals surface area contributed by atoms with E-state index in [1.54, 1.807) is 18.2 Å². The molecule has 1 aromatic carbocycles. The standard InChI is InChI=1S/C16H22BrNO2/c1-2-14(11-6-4-3-5-7-11)18-16(20)13-9-8-12(17)10-15(13)19/h8-11,14,19H,2-7H2,1H3,(H,18,20). The van der Waals surface area contributed by atoms with Crippen LogP contribution in [0.4, 0.5) is 0 Å². The maximum absolute atomic E-state index is 12.3. The molecule has 2 N–H and O–H groups in total. The van der Waals surface area contributed by atoms with Crippen molar-refractivity contribution in [2.24, 2.45) is 5.92 Å². The Hall–Kier alpha value is -1.03. The molecule has 1 aliphatic rings. The second-order valence-corrected chi connectivity index (χ2v) is 6.46. The molecule has 0 heterocycles. The number of hydrogen-bond acceptors (Lipinski definition) is 2. The molecule has 0 aliphatic heterocycles. The fraction of sp³-hybridized carbons (Fsp3) is 0.562. The van der Waals surface area contributed by atoms with Crippen molar-refractivity contribution in [1.29, 1.82) is 0 Å². The van der Waals surface area contributed by atoms with E-state index in [-0.39, 0.29) is 17.7 Å². The average molecular weight is 340 g/mol. The Labute approximate surface area is 128 Å². The van der Waals surface area contributed by atoms with Gasteiger partial charge >= 0.3 is 0 Å². The van der Waals surface area contributed by atoms with Crippen molar-refractivity contribution >= 4 is 21.8 Å². The third-order valence-electron chi connectivity index (χ3n) is 4.18. The molecule has 1 fully saturated rings. The first-order chi connectivity index (χ1) is 9.61. The summed E-state index contributed by atoms with van der Waals surface area (Å²) in [6.45, 7) is 2.11. The summed E-state index contributed by atoms with van der Waals surface area (Å²) in [6, 6.07) is 5.19. The van der Waals surface area contributed by atoms with E-state index >= 15 is 0 Å². The number of hydrogen-bond donors (Lipinski definition) is 2. The Morgan fingerprint density at radius 1 is 1.40 bits per heavy atom. The summed E-state index contributed by atoms with van der Waals surface area (Å²) in [5.41, 5.74) is 0.349. The van der Waals surface area contributed by atoms with Crippen LogP contribution in [0.25, 0.3) is 0 Å². The minimum absolute atomic E-state index is 0.0235. The van der Waals surface area contributed by atoms with E-state index < -0.39 is 0 Å². The first-order valence-electron chi connectivity index (χ1n) is 7.41. The summed E-state index contributed by atoms with van der Waals surface area (Å²) in [5.74, 6) is 0.429. The van der Waals surface area contributed by atoms with Crippen LogP contribution in [0.5, 0.6) is 5.75 Å². The molecule has 110 valence electrons. The van der Waals surface area contributed by atoms with Gasteiger partial charge in [0, 0.05) is 10.5 Å². The number of phenols is 1. The lowest BCUT2D eigenvalue weighted by Gasteiger charge is -2.30. The second kappa shape index (κ2) is 7.11. The van der Waals surface area contributed by atoms with Crippen LogP contribution in [0.15, 0.2) is 22.7 Å². The number of carbonyl (C=O) groups is 1. The zero-order valence-corrected chi connectivity index (χ0v) is 13.4. The van der Waals surface area contributed by atoms with Crippen LogP contribution >= 0.6 is 15.9 Å². The van der Waals surface area contributed by atoms with E-state index in [1.807, 2.05) is 0 Å². The Bertz CT molecular complexity index is 470. The van der Waals surface area contributed by atoms with Crippen molar-refractivity contribution in [3.63, 3.8) is 0 Å². The smallest absolute Gasteiger partial charge is 0.255 e. The molecule has 0 radical (unpaired) electrons. The minimum atomic E-state index is -0.174. The number of amides is 1. The summed E-state index contributed by atoms with van der Waals surface area (Å²) in [6.07, 6.45) is 7.18. The number of benzene rings is 1. The van der Waals surface area contributed by atoms with Crippen LogP contribution in [0, 0.1) is 5.92 Å². The monoisotopic (exact) mass is 339 g/mol. The number of carbonyl (C=O) groups excluding carboxylic acids is 1. The molecule has 0 aromatic heterocycles. The van der Waals surface area contributed by atoms with Crippen molar-refractivity contribution < 1.29 is 9.90 Å². The molecule has 1 amide bonds. The topological polar surface area (TPSA) is 49.3 Å². The molecule has 0 bridgehead atoms. The van der Waals surface area contributed by atoms with Gasteiger partial charge in [-0.25, -0.2) is 0 Å². The molecule has 0 saturated heterocycles. The maximum atomic E-state index is 12.3. The van der Waals surface area contributed by atoms with Gasteiger partial charge in [0.25, 0.3) is 5.91 Å². The van der Waals surface area contributed by atoms with Gasteiger partial charge < -0.3 is 10.4 Å². The fourth-order valence-electron chi connectivity index (χ4n) is 3.03. The van der Waals surface area contributed by atoms with E-state index in [0.717, 1.165) is 10.9 Å². The van der Waals surface area contributed by atoms with Gasteiger partial charge in [-0.15, -0.1) is 0 Å². The third-order valence-corrected chi connectivity index (χ3v) is 4.67. The van der Waals surface area contributed by atoms with Gasteiger partial charge in [0.1, 0.15) is 5.75 Å². The molecule has 3 nitrogen and oxygen atoms in total. The lowest BCUT2D eigenvalue weighted by molar-refractivity contribution is 0.0908. The van der Waals surface area contributed by atoms with Crippen molar-refractivity contribution in [2.75, 3.05) is 0 Å². The van der Waals surface area contributed by atoms with E-state index in [1.165, 1.54) is 32.1 Å². The highest BCUT2D eigenvalue weighted by atomic mass is 79.9. The summed E-state index contributed by atoms with van der Waals surface area (Å²) in [4.78, 5) is 12.3. The summed E-state index contributed by atoms with van der Waals surface area (Å²) < 4.78 is 0.769. The predicted molar refractivity (Wildman–Crippen MR) is 83.9 cm³/mol. The molecule has 1 aromatic rings. The Kier molecular flexibility index (Phi) is 5.46. The van der Waals surface area contributed by atoms with E-state index in [2.05, 4.69) is 28.2 Å².